The molecule has 2 heteroatoms. The van der Waals surface area contributed by atoms with Crippen molar-refractivity contribution in [1.29, 1.82) is 0 Å². The summed E-state index contributed by atoms with van der Waals surface area (Å²) >= 11 is 0. The molecule has 0 aliphatic rings. The van der Waals surface area contributed by atoms with Crippen LogP contribution >= 0.6 is 0 Å². The van der Waals surface area contributed by atoms with Crippen molar-refractivity contribution < 1.29 is 9.53 Å². The molecule has 0 bridgehead atoms. The number of fused-ring (bicyclic) bond motifs is 1. The fraction of sp³-hybridized carbons (Fsp3) is 0.267. The van der Waals surface area contributed by atoms with E-state index in [0.717, 1.165) is 5.39 Å². The highest BCUT2D eigenvalue weighted by Crippen LogP contribution is 2.25. The van der Waals surface area contributed by atoms with Crippen molar-refractivity contribution in [3.63, 3.8) is 0 Å². The molecule has 0 radical (unpaired) electrons. The van der Waals surface area contributed by atoms with Gasteiger partial charge in [0.05, 0.1) is 0 Å². The van der Waals surface area contributed by atoms with Gasteiger partial charge in [0.15, 0.2) is 0 Å². The van der Waals surface area contributed by atoms with Crippen LogP contribution in [0.5, 0.6) is 5.75 Å². The second-order valence-corrected chi connectivity index (χ2v) is 4.52. The fourth-order valence-electron chi connectivity index (χ4n) is 1.83. The summed E-state index contributed by atoms with van der Waals surface area (Å²) in [5.41, 5.74) is 1.32. The molecule has 0 aromatic heterocycles. The first-order valence-electron chi connectivity index (χ1n) is 5.78. The Morgan fingerprint density at radius 2 is 1.71 bits per heavy atom. The minimum absolute atomic E-state index is 0.289. The highest BCUT2D eigenvalue weighted by Gasteiger charge is 2.03. The van der Waals surface area contributed by atoms with Crippen molar-refractivity contribution >= 4 is 16.7 Å². The van der Waals surface area contributed by atoms with Crippen LogP contribution < -0.4 is 4.74 Å². The molecule has 0 aliphatic carbocycles. The lowest BCUT2D eigenvalue weighted by Crippen LogP contribution is -2.00. The average molecular weight is 228 g/mol. The lowest BCUT2D eigenvalue weighted by Gasteiger charge is -2.08. The Kier molecular flexibility index (Phi) is 3.14. The van der Waals surface area contributed by atoms with E-state index >= 15 is 0 Å². The maximum absolute atomic E-state index is 10.9. The van der Waals surface area contributed by atoms with E-state index in [-0.39, 0.29) is 5.97 Å². The first-order valence-corrected chi connectivity index (χ1v) is 5.78. The normalized spacial score (nSPS) is 10.8. The van der Waals surface area contributed by atoms with E-state index in [1.165, 1.54) is 17.9 Å². The van der Waals surface area contributed by atoms with Gasteiger partial charge in [-0.05, 0) is 34.4 Å². The first-order chi connectivity index (χ1) is 8.06. The van der Waals surface area contributed by atoms with E-state index in [1.807, 2.05) is 18.2 Å². The van der Waals surface area contributed by atoms with Crippen molar-refractivity contribution in [2.45, 2.75) is 26.7 Å². The summed E-state index contributed by atoms with van der Waals surface area (Å²) in [7, 11) is 0. The molecule has 2 rings (SSSR count). The van der Waals surface area contributed by atoms with E-state index in [1.54, 1.807) is 0 Å². The molecule has 0 saturated heterocycles. The molecule has 2 aromatic carbocycles. The van der Waals surface area contributed by atoms with Gasteiger partial charge in [0.25, 0.3) is 0 Å². The number of esters is 1. The van der Waals surface area contributed by atoms with Gasteiger partial charge >= 0.3 is 5.97 Å². The molecule has 88 valence electrons. The average Bonchev–Trinajstić information content (AvgIpc) is 2.27. The molecule has 2 aromatic rings. The molecule has 0 aliphatic heterocycles. The van der Waals surface area contributed by atoms with Crippen LogP contribution in [0.15, 0.2) is 36.4 Å². The smallest absolute Gasteiger partial charge is 0.308 e. The Hall–Kier alpha value is -1.83. The number of carbonyl (C=O) groups is 1. The molecule has 0 spiro atoms. The quantitative estimate of drug-likeness (QED) is 0.575. The highest BCUT2D eigenvalue weighted by molar-refractivity contribution is 5.85. The van der Waals surface area contributed by atoms with Crippen molar-refractivity contribution in [2.24, 2.45) is 0 Å². The Morgan fingerprint density at radius 3 is 2.35 bits per heavy atom. The lowest BCUT2D eigenvalue weighted by molar-refractivity contribution is -0.131. The van der Waals surface area contributed by atoms with Crippen LogP contribution in [0.2, 0.25) is 0 Å². The van der Waals surface area contributed by atoms with Crippen LogP contribution in [0.3, 0.4) is 0 Å². The highest BCUT2D eigenvalue weighted by atomic mass is 16.5. The molecule has 0 N–H and O–H groups in total. The summed E-state index contributed by atoms with van der Waals surface area (Å²) in [6.07, 6.45) is 0. The molecular weight excluding hydrogens is 212 g/mol. The van der Waals surface area contributed by atoms with Crippen molar-refractivity contribution in [3.8, 4) is 5.75 Å². The van der Waals surface area contributed by atoms with Gasteiger partial charge in [0, 0.05) is 6.92 Å². The van der Waals surface area contributed by atoms with Gasteiger partial charge in [-0.15, -0.1) is 0 Å². The summed E-state index contributed by atoms with van der Waals surface area (Å²) in [5.74, 6) is 0.831. The Labute approximate surface area is 101 Å². The Morgan fingerprint density at radius 1 is 1.06 bits per heavy atom. The van der Waals surface area contributed by atoms with Gasteiger partial charge in [0.1, 0.15) is 5.75 Å². The van der Waals surface area contributed by atoms with Gasteiger partial charge in [-0.3, -0.25) is 4.79 Å². The standard InChI is InChI=1S/C15H16O2/c1-10(2)12-4-5-14-9-15(17-11(3)16)7-6-13(14)8-12/h4-10H,1-3H3. The minimum atomic E-state index is -0.289. The molecule has 2 nitrogen and oxygen atoms in total. The second kappa shape index (κ2) is 4.58. The number of rotatable bonds is 2. The number of hydrogen-bond donors (Lipinski definition) is 0. The fourth-order valence-corrected chi connectivity index (χ4v) is 1.83. The monoisotopic (exact) mass is 228 g/mol. The van der Waals surface area contributed by atoms with Crippen LogP contribution in [0, 0.1) is 0 Å². The summed E-state index contributed by atoms with van der Waals surface area (Å²) in [6, 6.07) is 12.1. The van der Waals surface area contributed by atoms with Crippen LogP contribution in [-0.2, 0) is 4.79 Å². The first kappa shape index (κ1) is 11.6. The predicted molar refractivity (Wildman–Crippen MR) is 69.3 cm³/mol. The topological polar surface area (TPSA) is 26.3 Å². The van der Waals surface area contributed by atoms with Gasteiger partial charge in [-0.25, -0.2) is 0 Å². The Bertz CT molecular complexity index is 556. The molecule has 17 heavy (non-hydrogen) atoms. The van der Waals surface area contributed by atoms with Crippen LogP contribution in [0.4, 0.5) is 0 Å². The Balaban J connectivity index is 2.43. The second-order valence-electron chi connectivity index (χ2n) is 4.52. The zero-order chi connectivity index (χ0) is 12.4. The number of carbonyl (C=O) groups excluding carboxylic acids is 1. The van der Waals surface area contributed by atoms with Gasteiger partial charge in [-0.1, -0.05) is 38.1 Å². The van der Waals surface area contributed by atoms with E-state index in [2.05, 4.69) is 32.0 Å². The van der Waals surface area contributed by atoms with Crippen LogP contribution in [0.1, 0.15) is 32.3 Å². The maximum Gasteiger partial charge on any atom is 0.308 e. The van der Waals surface area contributed by atoms with Gasteiger partial charge in [-0.2, -0.15) is 0 Å². The largest absolute Gasteiger partial charge is 0.427 e. The van der Waals surface area contributed by atoms with Crippen LogP contribution in [-0.4, -0.2) is 5.97 Å². The van der Waals surface area contributed by atoms with Crippen molar-refractivity contribution in [1.82, 2.24) is 0 Å². The summed E-state index contributed by atoms with van der Waals surface area (Å²) in [5, 5.41) is 2.26. The third-order valence-corrected chi connectivity index (χ3v) is 2.76. The number of benzene rings is 2. The third-order valence-electron chi connectivity index (χ3n) is 2.76. The molecular formula is C15H16O2. The summed E-state index contributed by atoms with van der Waals surface area (Å²) in [6.45, 7) is 5.76. The van der Waals surface area contributed by atoms with Gasteiger partial charge in [0.2, 0.25) is 0 Å². The van der Waals surface area contributed by atoms with E-state index in [9.17, 15) is 4.79 Å². The summed E-state index contributed by atoms with van der Waals surface area (Å²) in [4.78, 5) is 10.9. The van der Waals surface area contributed by atoms with Crippen molar-refractivity contribution in [2.75, 3.05) is 0 Å². The zero-order valence-electron chi connectivity index (χ0n) is 10.4. The molecule has 0 heterocycles. The van der Waals surface area contributed by atoms with Crippen LogP contribution in [0.25, 0.3) is 10.8 Å². The molecule has 0 saturated carbocycles. The van der Waals surface area contributed by atoms with Gasteiger partial charge < -0.3 is 4.74 Å². The SMILES string of the molecule is CC(=O)Oc1ccc2cc(C(C)C)ccc2c1. The predicted octanol–water partition coefficient (Wildman–Crippen LogP) is 3.89. The molecule has 0 amide bonds. The maximum atomic E-state index is 10.9. The lowest BCUT2D eigenvalue weighted by atomic mass is 9.99. The number of ether oxygens (including phenoxy) is 1. The van der Waals surface area contributed by atoms with E-state index < -0.39 is 0 Å². The van der Waals surface area contributed by atoms with E-state index in [4.69, 9.17) is 4.74 Å². The van der Waals surface area contributed by atoms with E-state index in [0.29, 0.717) is 11.7 Å². The van der Waals surface area contributed by atoms with Crippen molar-refractivity contribution in [3.05, 3.63) is 42.0 Å². The molecule has 0 unspecified atom stereocenters. The molecule has 0 fully saturated rings. The summed E-state index contributed by atoms with van der Waals surface area (Å²) < 4.78 is 5.06. The zero-order valence-corrected chi connectivity index (χ0v) is 10.4. The minimum Gasteiger partial charge on any atom is -0.427 e. The third kappa shape index (κ3) is 2.64. The number of hydrogen-bond acceptors (Lipinski definition) is 2. The molecule has 0 atom stereocenters.